The Labute approximate surface area is 190 Å². The lowest BCUT2D eigenvalue weighted by atomic mass is 10.2. The molecule has 0 radical (unpaired) electrons. The van der Waals surface area contributed by atoms with Gasteiger partial charge in [0, 0.05) is 31.4 Å². The summed E-state index contributed by atoms with van der Waals surface area (Å²) in [7, 11) is 1.69. The number of amides is 1. The van der Waals surface area contributed by atoms with Crippen molar-refractivity contribution >= 4 is 34.2 Å². The Morgan fingerprint density at radius 1 is 1.16 bits per heavy atom. The summed E-state index contributed by atoms with van der Waals surface area (Å²) in [5, 5.41) is 12.6. The molecule has 1 atom stereocenters. The van der Waals surface area contributed by atoms with Crippen molar-refractivity contribution in [2.24, 2.45) is 0 Å². The Kier molecular flexibility index (Phi) is 7.28. The summed E-state index contributed by atoms with van der Waals surface area (Å²) in [5.74, 6) is 2.10. The molecule has 1 amide bonds. The average molecular weight is 454 g/mol. The quantitative estimate of drug-likeness (QED) is 0.375. The van der Waals surface area contributed by atoms with E-state index < -0.39 is 0 Å². The molecule has 0 fully saturated rings. The van der Waals surface area contributed by atoms with Crippen molar-refractivity contribution in [1.82, 2.24) is 24.5 Å². The zero-order chi connectivity index (χ0) is 22.3. The number of carbonyl (C=O) groups is 1. The number of nitrogens with zero attached hydrogens (tertiary/aromatic N) is 4. The van der Waals surface area contributed by atoms with E-state index in [4.69, 9.17) is 9.47 Å². The van der Waals surface area contributed by atoms with Crippen molar-refractivity contribution in [3.05, 3.63) is 60.7 Å². The van der Waals surface area contributed by atoms with E-state index in [2.05, 4.69) is 20.1 Å². The zero-order valence-corrected chi connectivity index (χ0v) is 19.0. The lowest BCUT2D eigenvalue weighted by Gasteiger charge is -2.17. The number of carbonyl (C=O) groups excluding carboxylic acids is 1. The summed E-state index contributed by atoms with van der Waals surface area (Å²) < 4.78 is 15.1. The molecule has 4 rings (SSSR count). The van der Waals surface area contributed by atoms with E-state index in [1.54, 1.807) is 18.9 Å². The number of ether oxygens (including phenoxy) is 2. The third-order valence-electron chi connectivity index (χ3n) is 5.27. The third-order valence-corrected chi connectivity index (χ3v) is 5.91. The van der Waals surface area contributed by atoms with Crippen LogP contribution in [0.3, 0.4) is 0 Å². The van der Waals surface area contributed by atoms with Crippen LogP contribution >= 0.6 is 11.8 Å². The van der Waals surface area contributed by atoms with Crippen LogP contribution in [0.1, 0.15) is 18.3 Å². The van der Waals surface area contributed by atoms with E-state index in [1.165, 1.54) is 0 Å². The summed E-state index contributed by atoms with van der Waals surface area (Å²) in [6.45, 7) is 1.31. The SMILES string of the molecule is COCCn1ccc2c(OCC(=O)NC(CCSC)c3nnc4ccccn34)cccc21. The Morgan fingerprint density at radius 2 is 2.06 bits per heavy atom. The summed E-state index contributed by atoms with van der Waals surface area (Å²) in [6, 6.07) is 13.3. The number of nitrogens with one attached hydrogen (secondary N) is 1. The van der Waals surface area contributed by atoms with Gasteiger partial charge in [-0.25, -0.2) is 0 Å². The van der Waals surface area contributed by atoms with Crippen LogP contribution in [-0.2, 0) is 16.1 Å². The first-order valence-electron chi connectivity index (χ1n) is 10.5. The largest absolute Gasteiger partial charge is 0.483 e. The molecule has 9 heteroatoms. The highest BCUT2D eigenvalue weighted by Gasteiger charge is 2.20. The fraction of sp³-hybridized carbons (Fsp3) is 0.348. The van der Waals surface area contributed by atoms with Crippen LogP contribution in [-0.4, -0.2) is 57.4 Å². The van der Waals surface area contributed by atoms with E-state index in [1.807, 2.05) is 65.5 Å². The minimum atomic E-state index is -0.248. The molecule has 0 saturated heterocycles. The predicted molar refractivity (Wildman–Crippen MR) is 126 cm³/mol. The molecule has 1 aromatic carbocycles. The number of hydrogen-bond acceptors (Lipinski definition) is 6. The maximum Gasteiger partial charge on any atom is 0.258 e. The standard InChI is InChI=1S/C23H27N5O3S/c1-30-14-13-27-12-9-17-19(27)6-5-7-20(17)31-16-22(29)24-18(10-15-32-2)23-26-25-21-8-3-4-11-28(21)23/h3-9,11-12,18H,10,13-16H2,1-2H3,(H,24,29). The number of benzene rings is 1. The van der Waals surface area contributed by atoms with Gasteiger partial charge in [0.15, 0.2) is 18.1 Å². The van der Waals surface area contributed by atoms with Gasteiger partial charge in [0.25, 0.3) is 5.91 Å². The highest BCUT2D eigenvalue weighted by molar-refractivity contribution is 7.98. The smallest absolute Gasteiger partial charge is 0.258 e. The van der Waals surface area contributed by atoms with Crippen LogP contribution in [0.15, 0.2) is 54.9 Å². The Balaban J connectivity index is 1.45. The first kappa shape index (κ1) is 22.2. The summed E-state index contributed by atoms with van der Waals surface area (Å²) in [5.41, 5.74) is 1.81. The van der Waals surface area contributed by atoms with Crippen LogP contribution in [0.4, 0.5) is 0 Å². The molecule has 0 aliphatic rings. The van der Waals surface area contributed by atoms with E-state index in [9.17, 15) is 4.79 Å². The van der Waals surface area contributed by atoms with E-state index >= 15 is 0 Å². The highest BCUT2D eigenvalue weighted by Crippen LogP contribution is 2.27. The minimum Gasteiger partial charge on any atom is -0.483 e. The summed E-state index contributed by atoms with van der Waals surface area (Å²) in [6.07, 6.45) is 6.71. The van der Waals surface area contributed by atoms with Crippen molar-refractivity contribution in [3.8, 4) is 5.75 Å². The lowest BCUT2D eigenvalue weighted by molar-refractivity contribution is -0.123. The van der Waals surface area contributed by atoms with Crippen LogP contribution in [0.25, 0.3) is 16.6 Å². The number of fused-ring (bicyclic) bond motifs is 2. The Hall–Kier alpha value is -3.04. The molecule has 32 heavy (non-hydrogen) atoms. The fourth-order valence-electron chi connectivity index (χ4n) is 3.68. The molecule has 0 bridgehead atoms. The second kappa shape index (κ2) is 10.5. The first-order chi connectivity index (χ1) is 15.7. The second-order valence-corrected chi connectivity index (χ2v) is 8.35. The van der Waals surface area contributed by atoms with Gasteiger partial charge in [0.1, 0.15) is 5.75 Å². The van der Waals surface area contributed by atoms with Gasteiger partial charge in [0.05, 0.1) is 18.2 Å². The minimum absolute atomic E-state index is 0.0745. The summed E-state index contributed by atoms with van der Waals surface area (Å²) in [4.78, 5) is 12.8. The van der Waals surface area contributed by atoms with Crippen molar-refractivity contribution in [2.45, 2.75) is 19.0 Å². The molecule has 4 aromatic rings. The van der Waals surface area contributed by atoms with Crippen LogP contribution in [0, 0.1) is 0 Å². The molecule has 168 valence electrons. The van der Waals surface area contributed by atoms with Crippen molar-refractivity contribution < 1.29 is 14.3 Å². The second-order valence-electron chi connectivity index (χ2n) is 7.37. The van der Waals surface area contributed by atoms with Crippen molar-refractivity contribution in [3.63, 3.8) is 0 Å². The van der Waals surface area contributed by atoms with Crippen LogP contribution in [0.2, 0.25) is 0 Å². The molecule has 0 spiro atoms. The van der Waals surface area contributed by atoms with Crippen LogP contribution in [0.5, 0.6) is 5.75 Å². The first-order valence-corrected chi connectivity index (χ1v) is 11.9. The molecule has 0 saturated carbocycles. The molecule has 0 aliphatic carbocycles. The molecule has 1 unspecified atom stereocenters. The molecule has 3 aromatic heterocycles. The van der Waals surface area contributed by atoms with Crippen molar-refractivity contribution in [1.29, 1.82) is 0 Å². The number of aromatic nitrogens is 4. The topological polar surface area (TPSA) is 82.7 Å². The predicted octanol–water partition coefficient (Wildman–Crippen LogP) is 3.32. The summed E-state index contributed by atoms with van der Waals surface area (Å²) >= 11 is 1.73. The van der Waals surface area contributed by atoms with Crippen molar-refractivity contribution in [2.75, 3.05) is 32.3 Å². The third kappa shape index (κ3) is 4.89. The van der Waals surface area contributed by atoms with E-state index in [-0.39, 0.29) is 18.6 Å². The van der Waals surface area contributed by atoms with Gasteiger partial charge >= 0.3 is 0 Å². The monoisotopic (exact) mass is 453 g/mol. The molecule has 0 aliphatic heterocycles. The lowest BCUT2D eigenvalue weighted by Crippen LogP contribution is -2.34. The number of hydrogen-bond donors (Lipinski definition) is 1. The van der Waals surface area contributed by atoms with Gasteiger partial charge in [-0.2, -0.15) is 11.8 Å². The number of rotatable bonds is 11. The molecular weight excluding hydrogens is 426 g/mol. The van der Waals surface area contributed by atoms with Gasteiger partial charge in [-0.15, -0.1) is 10.2 Å². The highest BCUT2D eigenvalue weighted by atomic mass is 32.2. The van der Waals surface area contributed by atoms with E-state index in [0.29, 0.717) is 12.4 Å². The fourth-order valence-corrected chi connectivity index (χ4v) is 4.16. The zero-order valence-electron chi connectivity index (χ0n) is 18.2. The van der Waals surface area contributed by atoms with Gasteiger partial charge in [-0.05, 0) is 48.8 Å². The van der Waals surface area contributed by atoms with Gasteiger partial charge in [-0.3, -0.25) is 9.20 Å². The molecule has 3 heterocycles. The Morgan fingerprint density at radius 3 is 2.91 bits per heavy atom. The van der Waals surface area contributed by atoms with Gasteiger partial charge < -0.3 is 19.4 Å². The van der Waals surface area contributed by atoms with Gasteiger partial charge in [-0.1, -0.05) is 12.1 Å². The maximum absolute atomic E-state index is 12.8. The molecular formula is C23H27N5O3S. The van der Waals surface area contributed by atoms with E-state index in [0.717, 1.165) is 41.1 Å². The van der Waals surface area contributed by atoms with Gasteiger partial charge in [0.2, 0.25) is 0 Å². The molecule has 1 N–H and O–H groups in total. The average Bonchev–Trinajstić information content (AvgIpc) is 3.43. The number of pyridine rings is 1. The number of methoxy groups -OCH3 is 1. The number of thioether (sulfide) groups is 1. The van der Waals surface area contributed by atoms with Crippen LogP contribution < -0.4 is 10.1 Å². The molecule has 8 nitrogen and oxygen atoms in total. The maximum atomic E-state index is 12.8. The Bertz CT molecular complexity index is 1190. The normalized spacial score (nSPS) is 12.3.